The second-order valence-corrected chi connectivity index (χ2v) is 16.0. The Bertz CT molecular complexity index is 3750. The lowest BCUT2D eigenvalue weighted by Crippen LogP contribution is -2.12. The van der Waals surface area contributed by atoms with E-state index in [9.17, 15) is 39.5 Å². The van der Waals surface area contributed by atoms with E-state index in [1.165, 1.54) is 24.3 Å². The van der Waals surface area contributed by atoms with Crippen LogP contribution in [0, 0.1) is 56.7 Å². The molecular weight excluding hydrogens is 873 g/mol. The lowest BCUT2D eigenvalue weighted by atomic mass is 9.94. The number of halogens is 6. The molecule has 322 valence electrons. The Morgan fingerprint density at radius 3 is 1.18 bits per heavy atom. The number of nitriles is 5. The number of rotatable bonds is 5. The van der Waals surface area contributed by atoms with Gasteiger partial charge in [0.2, 0.25) is 0 Å². The van der Waals surface area contributed by atoms with Crippen molar-refractivity contribution in [1.29, 1.82) is 26.3 Å². The van der Waals surface area contributed by atoms with Crippen molar-refractivity contribution < 1.29 is 26.3 Å². The fourth-order valence-electron chi connectivity index (χ4n) is 9.11. The third-order valence-electron chi connectivity index (χ3n) is 12.1. The van der Waals surface area contributed by atoms with Crippen molar-refractivity contribution >= 4 is 43.6 Å². The molecule has 2 aromatic heterocycles. The maximum absolute atomic E-state index is 15.1. The van der Waals surface area contributed by atoms with Crippen molar-refractivity contribution in [2.75, 3.05) is 0 Å². The first kappa shape index (κ1) is 42.3. The summed E-state index contributed by atoms with van der Waals surface area (Å²) < 4.78 is 91.2. The van der Waals surface area contributed by atoms with E-state index < -0.39 is 29.0 Å². The molecule has 0 saturated carbocycles. The molecule has 0 bridgehead atoms. The van der Waals surface area contributed by atoms with Crippen LogP contribution in [-0.4, -0.2) is 9.13 Å². The molecule has 0 aliphatic heterocycles. The summed E-state index contributed by atoms with van der Waals surface area (Å²) in [5, 5.41) is 53.4. The van der Waals surface area contributed by atoms with Gasteiger partial charge in [0.15, 0.2) is 0 Å². The van der Waals surface area contributed by atoms with Crippen molar-refractivity contribution in [2.45, 2.75) is 12.4 Å². The molecule has 0 N–H and O–H groups in total. The van der Waals surface area contributed by atoms with Crippen LogP contribution in [0.5, 0.6) is 0 Å². The molecule has 0 fully saturated rings. The number of hydrogen-bond acceptors (Lipinski definition) is 5. The molecule has 0 atom stereocenters. The molecule has 0 radical (unpaired) electrons. The van der Waals surface area contributed by atoms with Gasteiger partial charge in [-0.15, -0.1) is 0 Å². The number of nitrogens with zero attached hydrogens (tertiary/aromatic N) is 7. The molecule has 68 heavy (non-hydrogen) atoms. The van der Waals surface area contributed by atoms with Crippen LogP contribution in [0.15, 0.2) is 152 Å². The largest absolute Gasteiger partial charge is 0.417 e. The van der Waals surface area contributed by atoms with Crippen LogP contribution in [0.2, 0.25) is 0 Å². The smallest absolute Gasteiger partial charge is 0.308 e. The van der Waals surface area contributed by atoms with Gasteiger partial charge in [0.05, 0.1) is 91.1 Å². The van der Waals surface area contributed by atoms with Crippen LogP contribution in [0.1, 0.15) is 38.9 Å². The molecule has 2 heterocycles. The molecule has 0 amide bonds. The summed E-state index contributed by atoms with van der Waals surface area (Å²) in [6, 6.07) is 49.5. The predicted octanol–water partition coefficient (Wildman–Crippen LogP) is 14.3. The van der Waals surface area contributed by atoms with E-state index in [0.29, 0.717) is 71.9 Å². The Kier molecular flexibility index (Phi) is 9.85. The number of benzene rings is 8. The van der Waals surface area contributed by atoms with Gasteiger partial charge < -0.3 is 9.13 Å². The Morgan fingerprint density at radius 2 is 0.779 bits per heavy atom. The maximum Gasteiger partial charge on any atom is 0.417 e. The normalized spacial score (nSPS) is 11.6. The van der Waals surface area contributed by atoms with Crippen LogP contribution in [0.3, 0.4) is 0 Å². The fourth-order valence-corrected chi connectivity index (χ4v) is 9.11. The van der Waals surface area contributed by atoms with Gasteiger partial charge in [-0.3, -0.25) is 0 Å². The van der Waals surface area contributed by atoms with E-state index in [4.69, 9.17) is 0 Å². The Morgan fingerprint density at radius 1 is 0.353 bits per heavy atom. The van der Waals surface area contributed by atoms with Crippen molar-refractivity contribution in [1.82, 2.24) is 9.13 Å². The number of hydrogen-bond donors (Lipinski definition) is 0. The van der Waals surface area contributed by atoms with Crippen LogP contribution < -0.4 is 0 Å². The zero-order valence-corrected chi connectivity index (χ0v) is 34.8. The predicted molar refractivity (Wildman–Crippen MR) is 245 cm³/mol. The number of aromatic nitrogens is 2. The lowest BCUT2D eigenvalue weighted by Gasteiger charge is -2.21. The second kappa shape index (κ2) is 15.8. The minimum absolute atomic E-state index is 0.00757. The van der Waals surface area contributed by atoms with E-state index in [0.717, 1.165) is 6.07 Å². The van der Waals surface area contributed by atoms with Gasteiger partial charge in [-0.25, -0.2) is 0 Å². The lowest BCUT2D eigenvalue weighted by molar-refractivity contribution is -0.142. The van der Waals surface area contributed by atoms with Gasteiger partial charge in [0, 0.05) is 21.5 Å². The average molecular weight is 898 g/mol. The summed E-state index contributed by atoms with van der Waals surface area (Å²) in [4.78, 5) is 0. The molecule has 10 rings (SSSR count). The highest BCUT2D eigenvalue weighted by atomic mass is 19.4. The summed E-state index contributed by atoms with van der Waals surface area (Å²) in [5.74, 6) is 0. The number of para-hydroxylation sites is 2. The molecule has 0 saturated heterocycles. The zero-order chi connectivity index (χ0) is 47.6. The first-order valence-electron chi connectivity index (χ1n) is 20.6. The standard InChI is InChI=1S/C55H25F6N7/c56-54(57,58)40-11-14-41(47(25-40)55(59,60)61)39-23-52(67-48-7-3-1-5-42(48)44-12-9-35(21-50(44)67)37-17-31(26-62)15-32(18-37)27-63)46(30-66)53(24-39)68-49-8-4-2-6-43(49)45-13-10-36(22-51(45)68)38-19-33(28-64)16-34(20-38)29-65/h1-25H. The maximum atomic E-state index is 15.1. The molecule has 0 spiro atoms. The first-order chi connectivity index (χ1) is 32.7. The van der Waals surface area contributed by atoms with E-state index in [-0.39, 0.29) is 50.8 Å². The molecular formula is C55H25F6N7. The average Bonchev–Trinajstić information content (AvgIpc) is 3.86. The first-order valence-corrected chi connectivity index (χ1v) is 20.6. The van der Waals surface area contributed by atoms with Crippen LogP contribution in [-0.2, 0) is 12.4 Å². The molecule has 0 aliphatic carbocycles. The third kappa shape index (κ3) is 6.98. The highest BCUT2D eigenvalue weighted by Gasteiger charge is 2.39. The highest BCUT2D eigenvalue weighted by Crippen LogP contribution is 2.45. The van der Waals surface area contributed by atoms with Gasteiger partial charge in [-0.05, 0) is 118 Å². The van der Waals surface area contributed by atoms with Gasteiger partial charge in [-0.2, -0.15) is 52.7 Å². The Balaban J connectivity index is 1.36. The molecule has 13 heteroatoms. The highest BCUT2D eigenvalue weighted by molar-refractivity contribution is 6.12. The van der Waals surface area contributed by atoms with Crippen molar-refractivity contribution in [2.24, 2.45) is 0 Å². The van der Waals surface area contributed by atoms with Crippen molar-refractivity contribution in [3.8, 4) is 75.1 Å². The zero-order valence-electron chi connectivity index (χ0n) is 34.8. The minimum Gasteiger partial charge on any atom is -0.308 e. The van der Waals surface area contributed by atoms with E-state index >= 15 is 13.2 Å². The van der Waals surface area contributed by atoms with Crippen molar-refractivity contribution in [3.05, 3.63) is 191 Å². The quantitative estimate of drug-likeness (QED) is 0.159. The van der Waals surface area contributed by atoms with E-state index in [1.54, 1.807) is 69.8 Å². The minimum atomic E-state index is -5.26. The van der Waals surface area contributed by atoms with E-state index in [2.05, 4.69) is 30.3 Å². The number of alkyl halides is 6. The summed E-state index contributed by atoms with van der Waals surface area (Å²) in [6.07, 6.45) is -10.4. The summed E-state index contributed by atoms with van der Waals surface area (Å²) in [6.45, 7) is 0. The second-order valence-electron chi connectivity index (χ2n) is 16.0. The summed E-state index contributed by atoms with van der Waals surface area (Å²) in [5.41, 5.74) is 1.62. The van der Waals surface area contributed by atoms with Gasteiger partial charge in [-0.1, -0.05) is 66.7 Å². The van der Waals surface area contributed by atoms with Gasteiger partial charge in [0.25, 0.3) is 0 Å². The number of fused-ring (bicyclic) bond motifs is 6. The van der Waals surface area contributed by atoms with E-state index in [1.807, 2.05) is 48.5 Å². The molecule has 10 aromatic rings. The monoisotopic (exact) mass is 897 g/mol. The topological polar surface area (TPSA) is 129 Å². The molecule has 7 nitrogen and oxygen atoms in total. The van der Waals surface area contributed by atoms with Gasteiger partial charge >= 0.3 is 12.4 Å². The summed E-state index contributed by atoms with van der Waals surface area (Å²) >= 11 is 0. The van der Waals surface area contributed by atoms with Crippen molar-refractivity contribution in [3.63, 3.8) is 0 Å². The Hall–Kier alpha value is -9.61. The van der Waals surface area contributed by atoms with Gasteiger partial charge in [0.1, 0.15) is 11.6 Å². The van der Waals surface area contributed by atoms with Crippen LogP contribution in [0.25, 0.3) is 88.4 Å². The fraction of sp³-hybridized carbons (Fsp3) is 0.0364. The molecule has 0 aliphatic rings. The SMILES string of the molecule is N#Cc1cc(C#N)cc(-c2ccc3c4ccccc4n(-c4cc(-c5ccc(C(F)(F)F)cc5C(F)(F)F)cc(-n5c6ccccc6c6ccc(-c7cc(C#N)cc(C#N)c7)cc65)c4C#N)c3c2)c1. The third-order valence-corrected chi connectivity index (χ3v) is 12.1. The molecule has 0 unspecified atom stereocenters. The Labute approximate surface area is 382 Å². The molecule has 8 aromatic carbocycles. The summed E-state index contributed by atoms with van der Waals surface area (Å²) in [7, 11) is 0. The van der Waals surface area contributed by atoms with Crippen LogP contribution >= 0.6 is 0 Å². The van der Waals surface area contributed by atoms with Crippen LogP contribution in [0.4, 0.5) is 26.3 Å².